The molecular formula is C31H32N3O7S-. The Labute approximate surface area is 247 Å². The molecular weight excluding hydrogens is 558 g/mol. The molecule has 4 aromatic rings. The number of nitrogens with zero attached hydrogens (tertiary/aromatic N) is 2. The van der Waals surface area contributed by atoms with Crippen LogP contribution >= 0.6 is 11.3 Å². The number of aliphatic carboxylic acids is 1. The lowest BCUT2D eigenvalue weighted by molar-refractivity contribution is -0.308. The van der Waals surface area contributed by atoms with E-state index in [1.165, 1.54) is 7.11 Å². The number of ether oxygens (including phenoxy) is 2. The van der Waals surface area contributed by atoms with E-state index in [4.69, 9.17) is 14.3 Å². The van der Waals surface area contributed by atoms with Gasteiger partial charge in [0.05, 0.1) is 35.4 Å². The van der Waals surface area contributed by atoms with E-state index in [0.717, 1.165) is 39.1 Å². The van der Waals surface area contributed by atoms with E-state index in [0.29, 0.717) is 30.0 Å². The standard InChI is InChI=1S/C31H33N3O7S/c1-3-4-17-41-30(37)32-25(29(35)36)19-21-10-13-24(14-11-21)40-18-16-34-26-15-12-23(20-27(26)42-31(34)38)28(33-39-2)22-8-6-5-7-9-22/h5-15,20,25H,3-4,16-19H2,1-2H3,(H,32,37)(H,35,36)/p-1/b33-28+. The van der Waals surface area contributed by atoms with Crippen molar-refractivity contribution in [1.82, 2.24) is 9.88 Å². The molecule has 0 saturated carbocycles. The number of amides is 1. The average Bonchev–Trinajstić information content (AvgIpc) is 3.30. The summed E-state index contributed by atoms with van der Waals surface area (Å²) in [4.78, 5) is 41.1. The molecule has 10 nitrogen and oxygen atoms in total. The minimum atomic E-state index is -1.40. The van der Waals surface area contributed by atoms with Crippen LogP contribution in [0.1, 0.15) is 36.5 Å². The van der Waals surface area contributed by atoms with Crippen LogP contribution in [0.5, 0.6) is 5.75 Å². The molecule has 1 N–H and O–H groups in total. The fourth-order valence-electron chi connectivity index (χ4n) is 4.28. The molecule has 1 atom stereocenters. The zero-order chi connectivity index (χ0) is 29.9. The van der Waals surface area contributed by atoms with E-state index < -0.39 is 18.1 Å². The maximum Gasteiger partial charge on any atom is 0.407 e. The minimum absolute atomic E-state index is 0.0326. The molecule has 0 saturated heterocycles. The summed E-state index contributed by atoms with van der Waals surface area (Å²) in [5, 5.41) is 18.0. The second-order valence-corrected chi connectivity index (χ2v) is 10.4. The van der Waals surface area contributed by atoms with Crippen molar-refractivity contribution in [2.24, 2.45) is 5.16 Å². The van der Waals surface area contributed by atoms with Gasteiger partial charge >= 0.3 is 11.0 Å². The molecule has 0 fully saturated rings. The topological polar surface area (TPSA) is 131 Å². The van der Waals surface area contributed by atoms with Gasteiger partial charge in [-0.05, 0) is 42.7 Å². The molecule has 0 radical (unpaired) electrons. The van der Waals surface area contributed by atoms with E-state index in [1.807, 2.05) is 55.5 Å². The molecule has 220 valence electrons. The summed E-state index contributed by atoms with van der Waals surface area (Å²) in [7, 11) is 1.50. The van der Waals surface area contributed by atoms with E-state index in [1.54, 1.807) is 28.8 Å². The normalized spacial score (nSPS) is 12.1. The summed E-state index contributed by atoms with van der Waals surface area (Å²) in [6.45, 7) is 2.77. The molecule has 0 aliphatic rings. The zero-order valence-electron chi connectivity index (χ0n) is 23.4. The molecule has 3 aromatic carbocycles. The second-order valence-electron chi connectivity index (χ2n) is 9.39. The van der Waals surface area contributed by atoms with Crippen LogP contribution in [-0.2, 0) is 27.3 Å². The van der Waals surface area contributed by atoms with Crippen LogP contribution in [0.15, 0.2) is 82.7 Å². The van der Waals surface area contributed by atoms with Crippen LogP contribution in [0.3, 0.4) is 0 Å². The van der Waals surface area contributed by atoms with Gasteiger partial charge in [-0.2, -0.15) is 0 Å². The summed E-state index contributed by atoms with van der Waals surface area (Å²) in [6, 6.07) is 21.0. The Morgan fingerprint density at radius 3 is 2.48 bits per heavy atom. The van der Waals surface area contributed by atoms with Crippen molar-refractivity contribution in [3.8, 4) is 5.75 Å². The molecule has 42 heavy (non-hydrogen) atoms. The number of oxime groups is 1. The van der Waals surface area contributed by atoms with Crippen LogP contribution in [0.4, 0.5) is 4.79 Å². The highest BCUT2D eigenvalue weighted by atomic mass is 32.1. The first-order chi connectivity index (χ1) is 20.4. The number of aromatic nitrogens is 1. The predicted octanol–water partition coefficient (Wildman–Crippen LogP) is 3.73. The molecule has 4 rings (SSSR count). The lowest BCUT2D eigenvalue weighted by Gasteiger charge is -2.19. The Morgan fingerprint density at radius 1 is 1.02 bits per heavy atom. The van der Waals surface area contributed by atoms with Gasteiger partial charge in [0.25, 0.3) is 0 Å². The Hall–Kier alpha value is -4.64. The van der Waals surface area contributed by atoms with E-state index in [-0.39, 0.29) is 24.5 Å². The molecule has 1 aromatic heterocycles. The maximum atomic E-state index is 12.8. The third-order valence-corrected chi connectivity index (χ3v) is 7.37. The number of fused-ring (bicyclic) bond motifs is 1. The number of unbranched alkanes of at least 4 members (excludes halogenated alkanes) is 1. The third-order valence-electron chi connectivity index (χ3n) is 6.43. The number of nitrogens with one attached hydrogen (secondary N) is 1. The molecule has 1 amide bonds. The average molecular weight is 591 g/mol. The number of carbonyl (C=O) groups excluding carboxylic acids is 2. The summed E-state index contributed by atoms with van der Waals surface area (Å²) in [6.07, 6.45) is 0.798. The van der Waals surface area contributed by atoms with Gasteiger partial charge in [-0.15, -0.1) is 0 Å². The van der Waals surface area contributed by atoms with Crippen molar-refractivity contribution < 1.29 is 29.0 Å². The van der Waals surface area contributed by atoms with Gasteiger partial charge in [0, 0.05) is 11.1 Å². The van der Waals surface area contributed by atoms with Crippen LogP contribution in [-0.4, -0.2) is 48.7 Å². The Bertz CT molecular complexity index is 1580. The van der Waals surface area contributed by atoms with Gasteiger partial charge in [-0.25, -0.2) is 4.79 Å². The molecule has 11 heteroatoms. The number of thiazole rings is 1. The van der Waals surface area contributed by atoms with Gasteiger partial charge < -0.3 is 29.5 Å². The second kappa shape index (κ2) is 14.8. The fourth-order valence-corrected chi connectivity index (χ4v) is 5.24. The van der Waals surface area contributed by atoms with Gasteiger partial charge in [0.1, 0.15) is 25.2 Å². The molecule has 1 heterocycles. The molecule has 0 aliphatic heterocycles. The monoisotopic (exact) mass is 590 g/mol. The van der Waals surface area contributed by atoms with Gasteiger partial charge in [-0.3, -0.25) is 9.36 Å². The van der Waals surface area contributed by atoms with Crippen molar-refractivity contribution in [3.63, 3.8) is 0 Å². The SMILES string of the molecule is CCCCOC(=O)NC(Cc1ccc(OCCn2c(=O)sc3cc(/C(=N/OC)c4ccccc4)ccc32)cc1)C(=O)[O-]. The maximum absolute atomic E-state index is 12.8. The largest absolute Gasteiger partial charge is 0.548 e. The first-order valence-electron chi connectivity index (χ1n) is 13.6. The number of rotatable bonds is 14. The highest BCUT2D eigenvalue weighted by Gasteiger charge is 2.16. The zero-order valence-corrected chi connectivity index (χ0v) is 24.2. The molecule has 0 aliphatic carbocycles. The number of carboxylic acid groups (broad SMARTS) is 1. The summed E-state index contributed by atoms with van der Waals surface area (Å²) in [5.74, 6) is -0.834. The number of alkyl carbamates (subject to hydrolysis) is 1. The lowest BCUT2D eigenvalue weighted by atomic mass is 10.0. The van der Waals surface area contributed by atoms with Crippen molar-refractivity contribution >= 4 is 39.3 Å². The number of hydrogen-bond acceptors (Lipinski definition) is 9. The Morgan fingerprint density at radius 2 is 1.79 bits per heavy atom. The first kappa shape index (κ1) is 30.3. The van der Waals surface area contributed by atoms with Crippen LogP contribution < -0.4 is 20.0 Å². The van der Waals surface area contributed by atoms with Gasteiger partial charge in [0.15, 0.2) is 0 Å². The fraction of sp³-hybridized carbons (Fsp3) is 0.290. The number of carbonyl (C=O) groups is 2. The van der Waals surface area contributed by atoms with E-state index in [2.05, 4.69) is 10.5 Å². The third kappa shape index (κ3) is 7.97. The Kier molecular flexibility index (Phi) is 10.7. The van der Waals surface area contributed by atoms with Gasteiger partial charge in [0.2, 0.25) is 0 Å². The molecule has 0 bridgehead atoms. The number of benzene rings is 3. The minimum Gasteiger partial charge on any atom is -0.548 e. The summed E-state index contributed by atoms with van der Waals surface area (Å²) in [5.41, 5.74) is 3.89. The van der Waals surface area contributed by atoms with E-state index in [9.17, 15) is 19.5 Å². The molecule has 1 unspecified atom stereocenters. The highest BCUT2D eigenvalue weighted by molar-refractivity contribution is 7.16. The van der Waals surface area contributed by atoms with Gasteiger partial charge in [-0.1, -0.05) is 78.4 Å². The predicted molar refractivity (Wildman–Crippen MR) is 159 cm³/mol. The lowest BCUT2D eigenvalue weighted by Crippen LogP contribution is -2.49. The van der Waals surface area contributed by atoms with Crippen LogP contribution in [0.2, 0.25) is 0 Å². The van der Waals surface area contributed by atoms with Crippen molar-refractivity contribution in [3.05, 3.63) is 99.2 Å². The molecule has 0 spiro atoms. The summed E-state index contributed by atoms with van der Waals surface area (Å²) < 4.78 is 13.3. The van der Waals surface area contributed by atoms with E-state index >= 15 is 0 Å². The number of hydrogen-bond donors (Lipinski definition) is 1. The highest BCUT2D eigenvalue weighted by Crippen LogP contribution is 2.22. The first-order valence-corrected chi connectivity index (χ1v) is 14.4. The van der Waals surface area contributed by atoms with Crippen molar-refractivity contribution in [1.29, 1.82) is 0 Å². The quantitative estimate of drug-likeness (QED) is 0.135. The summed E-state index contributed by atoms with van der Waals surface area (Å²) >= 11 is 1.15. The van der Waals surface area contributed by atoms with Crippen molar-refractivity contribution in [2.75, 3.05) is 20.3 Å². The Balaban J connectivity index is 1.36. The van der Waals surface area contributed by atoms with Crippen molar-refractivity contribution in [2.45, 2.75) is 38.8 Å². The van der Waals surface area contributed by atoms with Crippen LogP contribution in [0.25, 0.3) is 10.2 Å². The van der Waals surface area contributed by atoms with Crippen LogP contribution in [0, 0.1) is 0 Å². The smallest absolute Gasteiger partial charge is 0.407 e. The number of carboxylic acids is 1.